The predicted octanol–water partition coefficient (Wildman–Crippen LogP) is 0.451. The lowest BCUT2D eigenvalue weighted by atomic mass is 10.00. The van der Waals surface area contributed by atoms with Gasteiger partial charge in [0.2, 0.25) is 5.88 Å². The Morgan fingerprint density at radius 3 is 2.65 bits per heavy atom. The van der Waals surface area contributed by atoms with E-state index in [1.54, 1.807) is 12.1 Å². The van der Waals surface area contributed by atoms with Gasteiger partial charge < -0.3 is 9.84 Å². The summed E-state index contributed by atoms with van der Waals surface area (Å²) < 4.78 is 33.2. The molecule has 0 spiro atoms. The summed E-state index contributed by atoms with van der Waals surface area (Å²) in [6, 6.07) is 3.19. The zero-order valence-corrected chi connectivity index (χ0v) is 12.1. The van der Waals surface area contributed by atoms with Crippen molar-refractivity contribution in [3.8, 4) is 5.88 Å². The molecule has 2 heterocycles. The number of pyridine rings is 1. The molecule has 2 rings (SSSR count). The molecule has 0 atom stereocenters. The van der Waals surface area contributed by atoms with E-state index < -0.39 is 10.2 Å². The minimum atomic E-state index is -3.57. The molecule has 0 unspecified atom stereocenters. The fraction of sp³-hybridized carbons (Fsp3) is 0.583. The zero-order chi connectivity index (χ0) is 14.6. The molecule has 2 N–H and O–H groups in total. The average molecular weight is 301 g/mol. The number of hydrogen-bond donors (Lipinski definition) is 2. The first-order valence-electron chi connectivity index (χ1n) is 6.44. The Labute approximate surface area is 118 Å². The third-order valence-corrected chi connectivity index (χ3v) is 4.90. The van der Waals surface area contributed by atoms with Crippen molar-refractivity contribution in [2.75, 3.05) is 31.5 Å². The van der Waals surface area contributed by atoms with Crippen LogP contribution in [0.25, 0.3) is 0 Å². The number of aliphatic hydroxyl groups is 1. The number of aromatic nitrogens is 1. The molecule has 0 radical (unpaired) electrons. The van der Waals surface area contributed by atoms with Crippen LogP contribution in [0.3, 0.4) is 0 Å². The maximum absolute atomic E-state index is 12.2. The molecule has 0 aliphatic carbocycles. The van der Waals surface area contributed by atoms with Crippen LogP contribution in [0.15, 0.2) is 18.3 Å². The third-order valence-electron chi connectivity index (χ3n) is 3.36. The highest BCUT2D eigenvalue weighted by atomic mass is 32.2. The summed E-state index contributed by atoms with van der Waals surface area (Å²) in [5.41, 5.74) is 0.398. The second-order valence-corrected chi connectivity index (χ2v) is 6.39. The highest BCUT2D eigenvalue weighted by Gasteiger charge is 2.27. The van der Waals surface area contributed by atoms with Crippen LogP contribution in [-0.4, -0.2) is 49.6 Å². The van der Waals surface area contributed by atoms with E-state index in [2.05, 4.69) is 9.71 Å². The van der Waals surface area contributed by atoms with Gasteiger partial charge in [-0.25, -0.2) is 4.98 Å². The average Bonchev–Trinajstić information content (AvgIpc) is 2.48. The standard InChI is InChI=1S/C12H19N3O4S/c1-19-12-3-2-11(8-13-12)14-20(17,18)15-6-4-10(9-16)5-7-15/h2-3,8,10,14,16H,4-7,9H2,1H3. The Kier molecular flexibility index (Phi) is 4.79. The summed E-state index contributed by atoms with van der Waals surface area (Å²) in [4.78, 5) is 3.95. The molecule has 0 amide bonds. The number of nitrogens with zero attached hydrogens (tertiary/aromatic N) is 2. The second kappa shape index (κ2) is 6.38. The number of ether oxygens (including phenoxy) is 1. The molecule has 112 valence electrons. The molecule has 1 aromatic heterocycles. The van der Waals surface area contributed by atoms with Crippen molar-refractivity contribution >= 4 is 15.9 Å². The van der Waals surface area contributed by atoms with Crippen LogP contribution in [0.4, 0.5) is 5.69 Å². The van der Waals surface area contributed by atoms with Crippen LogP contribution >= 0.6 is 0 Å². The first-order chi connectivity index (χ1) is 9.55. The van der Waals surface area contributed by atoms with Crippen LogP contribution in [0.2, 0.25) is 0 Å². The molecule has 1 aliphatic rings. The quantitative estimate of drug-likeness (QED) is 0.824. The maximum Gasteiger partial charge on any atom is 0.301 e. The van der Waals surface area contributed by atoms with Gasteiger partial charge in [0.1, 0.15) is 0 Å². The van der Waals surface area contributed by atoms with Crippen LogP contribution in [0, 0.1) is 5.92 Å². The normalized spacial score (nSPS) is 17.9. The summed E-state index contributed by atoms with van der Waals surface area (Å²) in [6.07, 6.45) is 2.77. The highest BCUT2D eigenvalue weighted by Crippen LogP contribution is 2.20. The SMILES string of the molecule is COc1ccc(NS(=O)(=O)N2CCC(CO)CC2)cn1. The minimum Gasteiger partial charge on any atom is -0.481 e. The van der Waals surface area contributed by atoms with Gasteiger partial charge in [-0.1, -0.05) is 0 Å². The van der Waals surface area contributed by atoms with Gasteiger partial charge in [0, 0.05) is 25.8 Å². The van der Waals surface area contributed by atoms with Crippen molar-refractivity contribution < 1.29 is 18.3 Å². The molecule has 20 heavy (non-hydrogen) atoms. The van der Waals surface area contributed by atoms with Gasteiger partial charge in [0.15, 0.2) is 0 Å². The molecule has 1 saturated heterocycles. The number of aliphatic hydroxyl groups excluding tert-OH is 1. The van der Waals surface area contributed by atoms with Crippen molar-refractivity contribution in [3.05, 3.63) is 18.3 Å². The lowest BCUT2D eigenvalue weighted by Crippen LogP contribution is -2.42. The zero-order valence-electron chi connectivity index (χ0n) is 11.3. The third kappa shape index (κ3) is 3.59. The number of anilines is 1. The highest BCUT2D eigenvalue weighted by molar-refractivity contribution is 7.90. The monoisotopic (exact) mass is 301 g/mol. The molecule has 8 heteroatoms. The fourth-order valence-electron chi connectivity index (χ4n) is 2.11. The smallest absolute Gasteiger partial charge is 0.301 e. The first kappa shape index (κ1) is 15.0. The Morgan fingerprint density at radius 2 is 2.15 bits per heavy atom. The Hall–Kier alpha value is -1.38. The molecule has 1 fully saturated rings. The predicted molar refractivity (Wildman–Crippen MR) is 74.7 cm³/mol. The summed E-state index contributed by atoms with van der Waals surface area (Å²) in [5.74, 6) is 0.626. The first-order valence-corrected chi connectivity index (χ1v) is 7.88. The van der Waals surface area contributed by atoms with E-state index in [-0.39, 0.29) is 12.5 Å². The van der Waals surface area contributed by atoms with E-state index in [4.69, 9.17) is 9.84 Å². The second-order valence-electron chi connectivity index (χ2n) is 4.72. The Morgan fingerprint density at radius 1 is 1.45 bits per heavy atom. The maximum atomic E-state index is 12.2. The van der Waals surface area contributed by atoms with Gasteiger partial charge in [-0.3, -0.25) is 4.72 Å². The fourth-order valence-corrected chi connectivity index (χ4v) is 3.35. The van der Waals surface area contributed by atoms with E-state index >= 15 is 0 Å². The summed E-state index contributed by atoms with van der Waals surface area (Å²) in [7, 11) is -2.07. The topological polar surface area (TPSA) is 91.8 Å². The van der Waals surface area contributed by atoms with Crippen molar-refractivity contribution in [2.24, 2.45) is 5.92 Å². The van der Waals surface area contributed by atoms with Crippen molar-refractivity contribution in [3.63, 3.8) is 0 Å². The largest absolute Gasteiger partial charge is 0.481 e. The van der Waals surface area contributed by atoms with E-state index in [0.717, 1.165) is 0 Å². The van der Waals surface area contributed by atoms with Crippen LogP contribution in [-0.2, 0) is 10.2 Å². The molecule has 1 aromatic rings. The van der Waals surface area contributed by atoms with Crippen LogP contribution in [0.1, 0.15) is 12.8 Å². The molecular formula is C12H19N3O4S. The molecule has 7 nitrogen and oxygen atoms in total. The van der Waals surface area contributed by atoms with E-state index in [1.165, 1.54) is 17.6 Å². The number of nitrogens with one attached hydrogen (secondary N) is 1. The van der Waals surface area contributed by atoms with Crippen molar-refractivity contribution in [2.45, 2.75) is 12.8 Å². The minimum absolute atomic E-state index is 0.115. The van der Waals surface area contributed by atoms with E-state index in [1.807, 2.05) is 0 Å². The van der Waals surface area contributed by atoms with Crippen LogP contribution in [0.5, 0.6) is 5.88 Å². The van der Waals surface area contributed by atoms with Crippen molar-refractivity contribution in [1.82, 2.24) is 9.29 Å². The van der Waals surface area contributed by atoms with Gasteiger partial charge in [-0.15, -0.1) is 0 Å². The number of rotatable bonds is 5. The summed E-state index contributed by atoms with van der Waals surface area (Å²) in [5, 5.41) is 9.06. The Bertz CT molecular complexity index is 524. The van der Waals surface area contributed by atoms with E-state index in [0.29, 0.717) is 37.5 Å². The van der Waals surface area contributed by atoms with Gasteiger partial charge in [0.05, 0.1) is 19.0 Å². The number of hydrogen-bond acceptors (Lipinski definition) is 5. The lowest BCUT2D eigenvalue weighted by molar-refractivity contribution is 0.170. The van der Waals surface area contributed by atoms with Gasteiger partial charge in [-0.2, -0.15) is 12.7 Å². The molecule has 0 aromatic carbocycles. The lowest BCUT2D eigenvalue weighted by Gasteiger charge is -2.30. The molecule has 0 bridgehead atoms. The summed E-state index contributed by atoms with van der Waals surface area (Å²) in [6.45, 7) is 0.956. The van der Waals surface area contributed by atoms with Crippen molar-refractivity contribution in [1.29, 1.82) is 0 Å². The van der Waals surface area contributed by atoms with Gasteiger partial charge in [-0.05, 0) is 24.8 Å². The van der Waals surface area contributed by atoms with E-state index in [9.17, 15) is 8.42 Å². The summed E-state index contributed by atoms with van der Waals surface area (Å²) >= 11 is 0. The molecular weight excluding hydrogens is 282 g/mol. The van der Waals surface area contributed by atoms with Crippen LogP contribution < -0.4 is 9.46 Å². The number of methoxy groups -OCH3 is 1. The van der Waals surface area contributed by atoms with Gasteiger partial charge >= 0.3 is 10.2 Å². The Balaban J connectivity index is 2.00. The number of piperidine rings is 1. The molecule has 0 saturated carbocycles. The molecule has 1 aliphatic heterocycles. The van der Waals surface area contributed by atoms with Gasteiger partial charge in [0.25, 0.3) is 0 Å².